The zero-order valence-corrected chi connectivity index (χ0v) is 26.5. The van der Waals surface area contributed by atoms with E-state index >= 15 is 0 Å². The number of benzene rings is 3. The molecule has 0 spiro atoms. The number of nitrogens with one attached hydrogen (secondary N) is 1. The molecule has 0 saturated carbocycles. The van der Waals surface area contributed by atoms with Gasteiger partial charge in [-0.3, -0.25) is 14.5 Å². The predicted molar refractivity (Wildman–Crippen MR) is 172 cm³/mol. The highest BCUT2D eigenvalue weighted by Gasteiger charge is 2.26. The lowest BCUT2D eigenvalue weighted by molar-refractivity contribution is 0.0595. The molecule has 6 rings (SSSR count). The van der Waals surface area contributed by atoms with Crippen molar-refractivity contribution in [3.8, 4) is 11.8 Å². The number of rotatable bonds is 8. The Bertz CT molecular complexity index is 1860. The quantitative estimate of drug-likeness (QED) is 0.291. The summed E-state index contributed by atoms with van der Waals surface area (Å²) in [5.41, 5.74) is 2.90. The van der Waals surface area contributed by atoms with Gasteiger partial charge in [0.2, 0.25) is 0 Å². The van der Waals surface area contributed by atoms with E-state index < -0.39 is 9.84 Å². The van der Waals surface area contributed by atoms with Crippen LogP contribution < -0.4 is 10.1 Å². The van der Waals surface area contributed by atoms with Crippen LogP contribution in [0.2, 0.25) is 0 Å². The van der Waals surface area contributed by atoms with Crippen molar-refractivity contribution < 1.29 is 27.2 Å². The highest BCUT2D eigenvalue weighted by atomic mass is 32.2. The third kappa shape index (κ3) is 7.41. The van der Waals surface area contributed by atoms with E-state index in [9.17, 15) is 18.0 Å². The molecule has 10 nitrogen and oxygen atoms in total. The fraction of sp³-hybridized carbons (Fsp3) is 0.343. The second-order valence-electron chi connectivity index (χ2n) is 12.0. The van der Waals surface area contributed by atoms with E-state index in [4.69, 9.17) is 14.4 Å². The van der Waals surface area contributed by atoms with Crippen molar-refractivity contribution in [2.45, 2.75) is 49.3 Å². The van der Waals surface area contributed by atoms with Crippen molar-refractivity contribution in [3.63, 3.8) is 0 Å². The summed E-state index contributed by atoms with van der Waals surface area (Å²) in [6, 6.07) is 23.1. The van der Waals surface area contributed by atoms with Crippen molar-refractivity contribution >= 4 is 32.6 Å². The first kappa shape index (κ1) is 31.3. The van der Waals surface area contributed by atoms with Gasteiger partial charge in [0.05, 0.1) is 16.5 Å². The molecule has 0 radical (unpaired) electrons. The van der Waals surface area contributed by atoms with Crippen molar-refractivity contribution in [2.75, 3.05) is 32.4 Å². The van der Waals surface area contributed by atoms with Crippen LogP contribution in [0.1, 0.15) is 57.7 Å². The van der Waals surface area contributed by atoms with Crippen molar-refractivity contribution in [1.29, 1.82) is 5.26 Å². The monoisotopic (exact) mass is 640 g/mol. The van der Waals surface area contributed by atoms with Crippen LogP contribution in [-0.2, 0) is 16.4 Å². The number of amides is 2. The maximum atomic E-state index is 13.3. The van der Waals surface area contributed by atoms with E-state index in [2.05, 4.69) is 16.3 Å². The van der Waals surface area contributed by atoms with Crippen LogP contribution in [0.5, 0.6) is 5.75 Å². The number of sulfone groups is 1. The molecule has 0 bridgehead atoms. The topological polar surface area (TPSA) is 133 Å². The Morgan fingerprint density at radius 1 is 0.935 bits per heavy atom. The minimum Gasteiger partial charge on any atom is -0.490 e. The zero-order chi connectivity index (χ0) is 32.3. The molecule has 11 heteroatoms. The first-order valence-electron chi connectivity index (χ1n) is 15.5. The van der Waals surface area contributed by atoms with Crippen LogP contribution in [0.25, 0.3) is 11.0 Å². The Morgan fingerprint density at radius 2 is 1.63 bits per heavy atom. The fourth-order valence-corrected chi connectivity index (χ4v) is 6.67. The Balaban J connectivity index is 0.988. The molecule has 1 aromatic heterocycles. The molecule has 1 N–H and O–H groups in total. The van der Waals surface area contributed by atoms with Gasteiger partial charge in [-0.25, -0.2) is 8.42 Å². The Morgan fingerprint density at radius 3 is 2.28 bits per heavy atom. The van der Waals surface area contributed by atoms with Gasteiger partial charge < -0.3 is 19.4 Å². The second-order valence-corrected chi connectivity index (χ2v) is 14.1. The van der Waals surface area contributed by atoms with Crippen LogP contribution in [-0.4, -0.2) is 74.6 Å². The van der Waals surface area contributed by atoms with Gasteiger partial charge in [-0.1, -0.05) is 12.1 Å². The largest absolute Gasteiger partial charge is 0.490 e. The number of carbonyl (C=O) groups is 2. The van der Waals surface area contributed by atoms with Gasteiger partial charge in [0.1, 0.15) is 17.4 Å². The van der Waals surface area contributed by atoms with Crippen molar-refractivity contribution in [2.24, 2.45) is 0 Å². The van der Waals surface area contributed by atoms with Gasteiger partial charge in [0.15, 0.2) is 15.6 Å². The average Bonchev–Trinajstić information content (AvgIpc) is 3.50. The molecule has 4 aromatic rings. The highest BCUT2D eigenvalue weighted by molar-refractivity contribution is 7.90. The first-order valence-corrected chi connectivity index (χ1v) is 17.4. The van der Waals surface area contributed by atoms with E-state index in [-0.39, 0.29) is 34.6 Å². The minimum absolute atomic E-state index is 0.0498. The van der Waals surface area contributed by atoms with Gasteiger partial charge >= 0.3 is 0 Å². The zero-order valence-electron chi connectivity index (χ0n) is 25.6. The predicted octanol–water partition coefficient (Wildman–Crippen LogP) is 4.79. The maximum Gasteiger partial charge on any atom is 0.287 e. The molecule has 3 aromatic carbocycles. The van der Waals surface area contributed by atoms with E-state index in [1.54, 1.807) is 41.3 Å². The summed E-state index contributed by atoms with van der Waals surface area (Å²) in [7, 11) is -3.26. The maximum absolute atomic E-state index is 13.3. The Kier molecular flexibility index (Phi) is 9.10. The first-order chi connectivity index (χ1) is 22.1. The van der Waals surface area contributed by atoms with Gasteiger partial charge in [-0.05, 0) is 79.1 Å². The number of nitriles is 1. The second kappa shape index (κ2) is 13.4. The van der Waals surface area contributed by atoms with Crippen molar-refractivity contribution in [1.82, 2.24) is 15.1 Å². The molecule has 2 fully saturated rings. The number of furan rings is 1. The normalized spacial score (nSPS) is 16.7. The summed E-state index contributed by atoms with van der Waals surface area (Å²) in [5.74, 6) is 0.482. The molecule has 46 heavy (non-hydrogen) atoms. The molecule has 3 heterocycles. The van der Waals surface area contributed by atoms with Crippen molar-refractivity contribution in [3.05, 3.63) is 95.2 Å². The highest BCUT2D eigenvalue weighted by Crippen LogP contribution is 2.25. The molecule has 238 valence electrons. The lowest BCUT2D eigenvalue weighted by atomic mass is 10.0. The Labute approximate surface area is 268 Å². The van der Waals surface area contributed by atoms with E-state index in [1.165, 1.54) is 18.4 Å². The SMILES string of the molecule is CS(=O)(=O)c1ccc(OC2CCN(C(=O)c3ccc4oc(C(=O)NC5CCN(Cc6ccc(C#N)cc6)CC5)cc4c3)CC2)cc1. The number of nitrogens with zero attached hydrogens (tertiary/aromatic N) is 3. The summed E-state index contributed by atoms with van der Waals surface area (Å²) in [4.78, 5) is 30.8. The fourth-order valence-electron chi connectivity index (χ4n) is 6.04. The molecule has 2 saturated heterocycles. The number of hydrogen-bond donors (Lipinski definition) is 1. The number of likely N-dealkylation sites (tertiary alicyclic amines) is 2. The van der Waals surface area contributed by atoms with Gasteiger partial charge in [0.25, 0.3) is 11.8 Å². The number of hydrogen-bond acceptors (Lipinski definition) is 8. The van der Waals surface area contributed by atoms with Crippen LogP contribution >= 0.6 is 0 Å². The third-order valence-electron chi connectivity index (χ3n) is 8.68. The molecule has 0 aliphatic carbocycles. The molecule has 2 aliphatic heterocycles. The summed E-state index contributed by atoms with van der Waals surface area (Å²) in [5, 5.41) is 12.8. The average molecular weight is 641 g/mol. The molecule has 0 atom stereocenters. The minimum atomic E-state index is -3.26. The van der Waals surface area contributed by atoms with Crippen LogP contribution in [0.15, 0.2) is 82.1 Å². The number of piperidine rings is 2. The molecule has 0 unspecified atom stereocenters. The molecular weight excluding hydrogens is 604 g/mol. The molecule has 2 aliphatic rings. The van der Waals surface area contributed by atoms with E-state index in [0.29, 0.717) is 53.8 Å². The number of ether oxygens (including phenoxy) is 1. The van der Waals surface area contributed by atoms with Gasteiger partial charge in [-0.15, -0.1) is 0 Å². The smallest absolute Gasteiger partial charge is 0.287 e. The standard InChI is InChI=1S/C35H36N4O6S/c1-46(42,43)31-9-7-29(8-10-31)44-30-14-18-39(19-15-30)35(41)26-6-11-32-27(20-26)21-33(45-32)34(40)37-28-12-16-38(17-13-28)23-25-4-2-24(22-36)3-5-25/h2-11,20-21,28,30H,12-19,23H2,1H3,(H,37,40). The number of fused-ring (bicyclic) bond motifs is 1. The van der Waals surface area contributed by atoms with Crippen LogP contribution in [0.4, 0.5) is 0 Å². The Hall–Kier alpha value is -4.66. The van der Waals surface area contributed by atoms with Crippen LogP contribution in [0, 0.1) is 11.3 Å². The number of carbonyl (C=O) groups excluding carboxylic acids is 2. The summed E-state index contributed by atoms with van der Waals surface area (Å²) in [6.45, 7) is 3.60. The molecule has 2 amide bonds. The van der Waals surface area contributed by atoms with Crippen LogP contribution in [0.3, 0.4) is 0 Å². The third-order valence-corrected chi connectivity index (χ3v) is 9.81. The van der Waals surface area contributed by atoms with Gasteiger partial charge in [0, 0.05) is 68.8 Å². The lowest BCUT2D eigenvalue weighted by Gasteiger charge is -2.32. The lowest BCUT2D eigenvalue weighted by Crippen LogP contribution is -2.44. The molecular formula is C35H36N4O6S. The van der Waals surface area contributed by atoms with E-state index in [1.807, 2.05) is 24.3 Å². The summed E-state index contributed by atoms with van der Waals surface area (Å²) >= 11 is 0. The van der Waals surface area contributed by atoms with E-state index in [0.717, 1.165) is 38.0 Å². The summed E-state index contributed by atoms with van der Waals surface area (Å²) in [6.07, 6.45) is 4.08. The van der Waals surface area contributed by atoms with Gasteiger partial charge in [-0.2, -0.15) is 5.26 Å². The summed E-state index contributed by atoms with van der Waals surface area (Å²) < 4.78 is 35.3.